The highest BCUT2D eigenvalue weighted by Crippen LogP contribution is 2.47. The molecule has 0 aromatic heterocycles. The summed E-state index contributed by atoms with van der Waals surface area (Å²) < 4.78 is 0. The van der Waals surface area contributed by atoms with E-state index in [1.165, 1.54) is 11.1 Å². The Labute approximate surface area is 162 Å². The van der Waals surface area contributed by atoms with Crippen LogP contribution < -0.4 is 10.2 Å². The molecule has 2 aliphatic rings. The lowest BCUT2D eigenvalue weighted by Crippen LogP contribution is -2.36. The molecule has 0 saturated heterocycles. The fourth-order valence-corrected chi connectivity index (χ4v) is 4.50. The number of ketones is 1. The topological polar surface area (TPSA) is 32.3 Å². The van der Waals surface area contributed by atoms with Gasteiger partial charge < -0.3 is 10.2 Å². The van der Waals surface area contributed by atoms with Crippen LogP contribution in [0.2, 0.25) is 0 Å². The van der Waals surface area contributed by atoms with E-state index in [1.807, 2.05) is 0 Å². The maximum atomic E-state index is 13.3. The molecule has 0 saturated carbocycles. The first kappa shape index (κ1) is 17.8. The summed E-state index contributed by atoms with van der Waals surface area (Å²) in [6.07, 6.45) is 1.49. The van der Waals surface area contributed by atoms with E-state index in [0.29, 0.717) is 6.42 Å². The van der Waals surface area contributed by atoms with Crippen LogP contribution in [0.1, 0.15) is 50.8 Å². The SMILES string of the molecule is CCN1c2ccccc2NC2=C(C(=O)CC(C)(C)C2)C1c1ccc(C)cc1. The summed E-state index contributed by atoms with van der Waals surface area (Å²) in [7, 11) is 0. The highest BCUT2D eigenvalue weighted by Gasteiger charge is 2.40. The number of likely N-dealkylation sites (N-methyl/N-ethyl adjacent to an activating group) is 1. The summed E-state index contributed by atoms with van der Waals surface area (Å²) in [4.78, 5) is 15.7. The number of hydrogen-bond acceptors (Lipinski definition) is 3. The largest absolute Gasteiger partial charge is 0.359 e. The van der Waals surface area contributed by atoms with Crippen molar-refractivity contribution in [2.75, 3.05) is 16.8 Å². The third kappa shape index (κ3) is 3.16. The molecule has 2 aromatic rings. The highest BCUT2D eigenvalue weighted by molar-refractivity contribution is 6.01. The quantitative estimate of drug-likeness (QED) is 0.753. The van der Waals surface area contributed by atoms with Crippen LogP contribution in [0.5, 0.6) is 0 Å². The van der Waals surface area contributed by atoms with Crippen molar-refractivity contribution in [1.29, 1.82) is 0 Å². The van der Waals surface area contributed by atoms with Crippen LogP contribution in [0.4, 0.5) is 11.4 Å². The van der Waals surface area contributed by atoms with Crippen LogP contribution in [-0.2, 0) is 4.79 Å². The second kappa shape index (κ2) is 6.56. The molecule has 1 unspecified atom stereocenters. The Balaban J connectivity index is 1.96. The number of aryl methyl sites for hydroxylation is 1. The number of nitrogens with one attached hydrogen (secondary N) is 1. The van der Waals surface area contributed by atoms with Crippen molar-refractivity contribution in [1.82, 2.24) is 0 Å². The van der Waals surface area contributed by atoms with Crippen molar-refractivity contribution >= 4 is 17.2 Å². The molecule has 1 N–H and O–H groups in total. The average Bonchev–Trinajstić information content (AvgIpc) is 2.75. The molecule has 4 rings (SSSR count). The predicted molar refractivity (Wildman–Crippen MR) is 112 cm³/mol. The van der Waals surface area contributed by atoms with Crippen LogP contribution >= 0.6 is 0 Å². The van der Waals surface area contributed by atoms with Gasteiger partial charge in [-0.05, 0) is 43.4 Å². The number of carbonyl (C=O) groups is 1. The summed E-state index contributed by atoms with van der Waals surface area (Å²) in [5.74, 6) is 0.269. The number of anilines is 2. The standard InChI is InChI=1S/C24H28N2O/c1-5-26-20-9-7-6-8-18(20)25-19-14-24(3,4)15-21(27)22(19)23(26)17-12-10-16(2)11-13-17/h6-13,23,25H,5,14-15H2,1-4H3. The van der Waals surface area contributed by atoms with Gasteiger partial charge in [0.15, 0.2) is 5.78 Å². The molecular weight excluding hydrogens is 332 g/mol. The summed E-state index contributed by atoms with van der Waals surface area (Å²) in [5, 5.41) is 3.64. The minimum absolute atomic E-state index is 0.0168. The number of rotatable bonds is 2. The second-order valence-electron chi connectivity index (χ2n) is 8.57. The van der Waals surface area contributed by atoms with Gasteiger partial charge in [0.05, 0.1) is 17.4 Å². The summed E-state index contributed by atoms with van der Waals surface area (Å²) in [5.41, 5.74) is 6.68. The van der Waals surface area contributed by atoms with Crippen LogP contribution in [0, 0.1) is 12.3 Å². The first-order valence-electron chi connectivity index (χ1n) is 9.85. The van der Waals surface area contributed by atoms with E-state index >= 15 is 0 Å². The van der Waals surface area contributed by atoms with E-state index in [0.717, 1.165) is 35.6 Å². The zero-order chi connectivity index (χ0) is 19.2. The Morgan fingerprint density at radius 1 is 1.07 bits per heavy atom. The van der Waals surface area contributed by atoms with Gasteiger partial charge in [-0.25, -0.2) is 0 Å². The van der Waals surface area contributed by atoms with Crippen LogP contribution in [-0.4, -0.2) is 12.3 Å². The molecule has 1 heterocycles. The molecule has 140 valence electrons. The van der Waals surface area contributed by atoms with Crippen molar-refractivity contribution in [2.24, 2.45) is 5.41 Å². The van der Waals surface area contributed by atoms with Gasteiger partial charge in [-0.15, -0.1) is 0 Å². The number of nitrogens with zero attached hydrogens (tertiary/aromatic N) is 1. The Bertz CT molecular complexity index is 908. The molecule has 0 bridgehead atoms. The number of para-hydroxylation sites is 2. The third-order valence-electron chi connectivity index (χ3n) is 5.74. The minimum atomic E-state index is -0.0506. The first-order chi connectivity index (χ1) is 12.9. The van der Waals surface area contributed by atoms with Gasteiger partial charge in [0, 0.05) is 24.2 Å². The van der Waals surface area contributed by atoms with Crippen LogP contribution in [0.15, 0.2) is 59.8 Å². The van der Waals surface area contributed by atoms with Crippen molar-refractivity contribution in [3.8, 4) is 0 Å². The van der Waals surface area contributed by atoms with Crippen molar-refractivity contribution < 1.29 is 4.79 Å². The van der Waals surface area contributed by atoms with Gasteiger partial charge in [0.2, 0.25) is 0 Å². The number of carbonyl (C=O) groups excluding carboxylic acids is 1. The van der Waals surface area contributed by atoms with E-state index in [9.17, 15) is 4.79 Å². The fraction of sp³-hybridized carbons (Fsp3) is 0.375. The fourth-order valence-electron chi connectivity index (χ4n) is 4.50. The minimum Gasteiger partial charge on any atom is -0.359 e. The second-order valence-corrected chi connectivity index (χ2v) is 8.57. The maximum absolute atomic E-state index is 13.3. The lowest BCUT2D eigenvalue weighted by molar-refractivity contribution is -0.118. The van der Waals surface area contributed by atoms with Gasteiger partial charge in [0.25, 0.3) is 0 Å². The molecule has 1 aliphatic carbocycles. The number of allylic oxidation sites excluding steroid dienone is 1. The molecule has 3 heteroatoms. The molecule has 0 spiro atoms. The lowest BCUT2D eigenvalue weighted by Gasteiger charge is -2.37. The molecule has 1 aliphatic heterocycles. The van der Waals surface area contributed by atoms with Crippen molar-refractivity contribution in [2.45, 2.75) is 46.6 Å². The van der Waals surface area contributed by atoms with Gasteiger partial charge >= 0.3 is 0 Å². The van der Waals surface area contributed by atoms with E-state index in [-0.39, 0.29) is 17.2 Å². The number of fused-ring (bicyclic) bond motifs is 1. The Hall–Kier alpha value is -2.55. The van der Waals surface area contributed by atoms with E-state index < -0.39 is 0 Å². The van der Waals surface area contributed by atoms with Crippen LogP contribution in [0.25, 0.3) is 0 Å². The number of Topliss-reactive ketones (excluding diaryl/α,β-unsaturated/α-hetero) is 1. The highest BCUT2D eigenvalue weighted by atomic mass is 16.1. The summed E-state index contributed by atoms with van der Waals surface area (Å²) in [6, 6.07) is 17.0. The Morgan fingerprint density at radius 2 is 1.78 bits per heavy atom. The van der Waals surface area contributed by atoms with Gasteiger partial charge in [-0.2, -0.15) is 0 Å². The van der Waals surface area contributed by atoms with Gasteiger partial charge in [-0.1, -0.05) is 55.8 Å². The van der Waals surface area contributed by atoms with E-state index in [4.69, 9.17) is 0 Å². The average molecular weight is 361 g/mol. The molecule has 0 amide bonds. The van der Waals surface area contributed by atoms with Crippen molar-refractivity contribution in [3.05, 3.63) is 70.9 Å². The summed E-state index contributed by atoms with van der Waals surface area (Å²) in [6.45, 7) is 9.48. The number of benzene rings is 2. The van der Waals surface area contributed by atoms with E-state index in [1.54, 1.807) is 0 Å². The summed E-state index contributed by atoms with van der Waals surface area (Å²) >= 11 is 0. The molecule has 2 aromatic carbocycles. The monoisotopic (exact) mass is 360 g/mol. The predicted octanol–water partition coefficient (Wildman–Crippen LogP) is 5.63. The van der Waals surface area contributed by atoms with Crippen molar-refractivity contribution in [3.63, 3.8) is 0 Å². The first-order valence-corrected chi connectivity index (χ1v) is 9.85. The normalized spacial score (nSPS) is 21.3. The smallest absolute Gasteiger partial charge is 0.163 e. The van der Waals surface area contributed by atoms with Crippen LogP contribution in [0.3, 0.4) is 0 Å². The van der Waals surface area contributed by atoms with E-state index in [2.05, 4.69) is 86.4 Å². The molecule has 0 radical (unpaired) electrons. The number of hydrogen-bond donors (Lipinski definition) is 1. The van der Waals surface area contributed by atoms with Gasteiger partial charge in [0.1, 0.15) is 0 Å². The third-order valence-corrected chi connectivity index (χ3v) is 5.74. The molecule has 3 nitrogen and oxygen atoms in total. The lowest BCUT2D eigenvalue weighted by atomic mass is 9.73. The zero-order valence-corrected chi connectivity index (χ0v) is 16.7. The van der Waals surface area contributed by atoms with Gasteiger partial charge in [-0.3, -0.25) is 4.79 Å². The molecule has 0 fully saturated rings. The molecule has 27 heavy (non-hydrogen) atoms. The Morgan fingerprint density at radius 3 is 2.48 bits per heavy atom. The zero-order valence-electron chi connectivity index (χ0n) is 16.7. The molecular formula is C24H28N2O. The maximum Gasteiger partial charge on any atom is 0.163 e. The molecule has 1 atom stereocenters. The Kier molecular flexibility index (Phi) is 4.33.